The molecular weight excluding hydrogens is 76.1 g/mol. The first kappa shape index (κ1) is 1.46. The predicted molar refractivity (Wildman–Crippen MR) is 25.7 cm³/mol. The van der Waals surface area contributed by atoms with Crippen molar-refractivity contribution in [2.45, 2.75) is 0 Å². The first-order chi connectivity index (χ1) is 4.41. The highest BCUT2D eigenvalue weighted by molar-refractivity contribution is 4.59. The minimum atomic E-state index is -1.47. The molecule has 1 rings (SSSR count). The van der Waals surface area contributed by atoms with Crippen molar-refractivity contribution in [2.75, 3.05) is 26.1 Å². The summed E-state index contributed by atoms with van der Waals surface area (Å²) in [5, 5.41) is 4.89. The van der Waals surface area contributed by atoms with Crippen molar-refractivity contribution < 1.29 is 5.48 Å². The Morgan fingerprint density at radius 1 is 1.17 bits per heavy atom. The zero-order chi connectivity index (χ0) is 7.83. The van der Waals surface area contributed by atoms with Gasteiger partial charge in [-0.3, -0.25) is 0 Å². The largest absolute Gasteiger partial charge is 0.314 e. The Kier molecular flexibility index (Phi) is 0.524. The van der Waals surface area contributed by atoms with Crippen LogP contribution in [0.15, 0.2) is 0 Å². The summed E-state index contributed by atoms with van der Waals surface area (Å²) < 4.78 is 28.5. The van der Waals surface area contributed by atoms with Gasteiger partial charge in [0.2, 0.25) is 0 Å². The van der Waals surface area contributed by atoms with Crippen molar-refractivity contribution in [3.63, 3.8) is 0 Å². The van der Waals surface area contributed by atoms with E-state index in [4.69, 9.17) is 5.48 Å². The third kappa shape index (κ3) is 0.954. The quantitative estimate of drug-likeness (QED) is 0.406. The standard InChI is InChI=1S/C4H10N2/c1-2-6-4-3-5-1/h5-6H,1-4H2/i1D2,4D2. The maximum Gasteiger partial charge on any atom is 0.0441 e. The van der Waals surface area contributed by atoms with Crippen LogP contribution >= 0.6 is 0 Å². The minimum absolute atomic E-state index is 0.0139. The summed E-state index contributed by atoms with van der Waals surface area (Å²) in [6.07, 6.45) is 0. The number of rotatable bonds is 0. The minimum Gasteiger partial charge on any atom is -0.314 e. The van der Waals surface area contributed by atoms with Gasteiger partial charge in [0.1, 0.15) is 0 Å². The van der Waals surface area contributed by atoms with Gasteiger partial charge in [0.05, 0.1) is 0 Å². The fourth-order valence-corrected chi connectivity index (χ4v) is 0.338. The van der Waals surface area contributed by atoms with Crippen LogP contribution < -0.4 is 10.6 Å². The van der Waals surface area contributed by atoms with E-state index in [1.54, 1.807) is 0 Å². The lowest BCUT2D eigenvalue weighted by Gasteiger charge is -2.11. The van der Waals surface area contributed by atoms with E-state index >= 15 is 0 Å². The van der Waals surface area contributed by atoms with Crippen LogP contribution in [0.1, 0.15) is 5.48 Å². The van der Waals surface area contributed by atoms with E-state index in [0.29, 0.717) is 0 Å². The Bertz CT molecular complexity index is 107. The maximum absolute atomic E-state index is 7.13. The average Bonchev–Trinajstić information content (AvgIpc) is 1.79. The highest BCUT2D eigenvalue weighted by Crippen LogP contribution is 1.65. The molecule has 2 nitrogen and oxygen atoms in total. The Morgan fingerprint density at radius 2 is 1.67 bits per heavy atom. The van der Waals surface area contributed by atoms with Crippen LogP contribution in [0.5, 0.6) is 0 Å². The third-order valence-electron chi connectivity index (χ3n) is 0.604. The summed E-state index contributed by atoms with van der Waals surface area (Å²) in [4.78, 5) is 0. The number of nitrogens with one attached hydrogen (secondary N) is 2. The molecule has 0 spiro atoms. The second kappa shape index (κ2) is 2.16. The van der Waals surface area contributed by atoms with Gasteiger partial charge in [-0.15, -0.1) is 0 Å². The highest BCUT2D eigenvalue weighted by atomic mass is 15.0. The van der Waals surface area contributed by atoms with Gasteiger partial charge in [-0.2, -0.15) is 0 Å². The molecule has 1 aliphatic heterocycles. The van der Waals surface area contributed by atoms with Gasteiger partial charge >= 0.3 is 0 Å². The monoisotopic (exact) mass is 90.1 g/mol. The summed E-state index contributed by atoms with van der Waals surface area (Å²) in [5.41, 5.74) is 0. The molecule has 2 N–H and O–H groups in total. The molecule has 1 saturated heterocycles. The molecule has 0 aliphatic carbocycles. The third-order valence-corrected chi connectivity index (χ3v) is 0.604. The summed E-state index contributed by atoms with van der Waals surface area (Å²) in [7, 11) is 0. The van der Waals surface area contributed by atoms with Crippen LogP contribution in [-0.4, -0.2) is 26.1 Å². The van der Waals surface area contributed by atoms with Crippen LogP contribution in [0.25, 0.3) is 0 Å². The molecule has 1 aliphatic rings. The second-order valence-corrected chi connectivity index (χ2v) is 1.06. The summed E-state index contributed by atoms with van der Waals surface area (Å²) >= 11 is 0. The maximum atomic E-state index is 7.13. The summed E-state index contributed by atoms with van der Waals surface area (Å²) in [5.74, 6) is 0. The Morgan fingerprint density at radius 3 is 2.00 bits per heavy atom. The topological polar surface area (TPSA) is 24.1 Å². The zero-order valence-corrected chi connectivity index (χ0v) is 3.41. The molecule has 0 aromatic rings. The highest BCUT2D eigenvalue weighted by Gasteiger charge is 1.91. The molecule has 2 heteroatoms. The van der Waals surface area contributed by atoms with E-state index < -0.39 is 13.0 Å². The van der Waals surface area contributed by atoms with Gasteiger partial charge in [-0.25, -0.2) is 0 Å². The van der Waals surface area contributed by atoms with Crippen LogP contribution in [0.4, 0.5) is 0 Å². The molecule has 6 heavy (non-hydrogen) atoms. The molecule has 0 amide bonds. The molecule has 0 bridgehead atoms. The Hall–Kier alpha value is -0.0800. The van der Waals surface area contributed by atoms with Gasteiger partial charge in [0, 0.05) is 31.6 Å². The molecule has 0 aromatic carbocycles. The van der Waals surface area contributed by atoms with Crippen LogP contribution in [0.2, 0.25) is 0 Å². The van der Waals surface area contributed by atoms with Gasteiger partial charge in [-0.05, 0) is 0 Å². The molecule has 1 fully saturated rings. The smallest absolute Gasteiger partial charge is 0.0441 e. The predicted octanol–water partition coefficient (Wildman–Crippen LogP) is -0.821. The molecule has 0 aromatic heterocycles. The van der Waals surface area contributed by atoms with Gasteiger partial charge in [0.15, 0.2) is 0 Å². The van der Waals surface area contributed by atoms with Gasteiger partial charge < -0.3 is 10.6 Å². The lowest BCUT2D eigenvalue weighted by Crippen LogP contribution is -2.39. The molecule has 36 valence electrons. The van der Waals surface area contributed by atoms with Crippen molar-refractivity contribution in [1.29, 1.82) is 0 Å². The zero-order valence-electron chi connectivity index (χ0n) is 7.41. The fourth-order valence-electron chi connectivity index (χ4n) is 0.338. The van der Waals surface area contributed by atoms with E-state index in [0.717, 1.165) is 0 Å². The van der Waals surface area contributed by atoms with Crippen molar-refractivity contribution in [3.05, 3.63) is 0 Å². The molecule has 0 radical (unpaired) electrons. The average molecular weight is 90.2 g/mol. The molecular formula is C4H10N2. The van der Waals surface area contributed by atoms with Crippen LogP contribution in [0.3, 0.4) is 0 Å². The van der Waals surface area contributed by atoms with Crippen molar-refractivity contribution in [2.24, 2.45) is 0 Å². The number of hydrogen-bond donors (Lipinski definition) is 2. The van der Waals surface area contributed by atoms with Crippen LogP contribution in [0, 0.1) is 0 Å². The van der Waals surface area contributed by atoms with E-state index in [9.17, 15) is 0 Å². The van der Waals surface area contributed by atoms with E-state index in [-0.39, 0.29) is 13.1 Å². The fraction of sp³-hybridized carbons (Fsp3) is 1.00. The second-order valence-electron chi connectivity index (χ2n) is 1.06. The van der Waals surface area contributed by atoms with Crippen molar-refractivity contribution >= 4 is 0 Å². The molecule has 0 atom stereocenters. The van der Waals surface area contributed by atoms with E-state index in [2.05, 4.69) is 10.6 Å². The summed E-state index contributed by atoms with van der Waals surface area (Å²) in [6.45, 7) is -2.91. The number of piperazine rings is 1. The SMILES string of the molecule is [2H]C1([2H])CNC([2H])([2H])CN1. The van der Waals surface area contributed by atoms with Crippen molar-refractivity contribution in [3.8, 4) is 0 Å². The van der Waals surface area contributed by atoms with E-state index in [1.807, 2.05) is 0 Å². The molecule has 1 heterocycles. The first-order valence-corrected chi connectivity index (χ1v) is 1.91. The van der Waals surface area contributed by atoms with Gasteiger partial charge in [-0.1, -0.05) is 0 Å². The van der Waals surface area contributed by atoms with Crippen molar-refractivity contribution in [1.82, 2.24) is 10.6 Å². The van der Waals surface area contributed by atoms with Gasteiger partial charge in [0.25, 0.3) is 0 Å². The van der Waals surface area contributed by atoms with Crippen LogP contribution in [-0.2, 0) is 0 Å². The Labute approximate surface area is 43.5 Å². The molecule has 0 saturated carbocycles. The van der Waals surface area contributed by atoms with E-state index in [1.165, 1.54) is 0 Å². The molecule has 0 unspecified atom stereocenters. The normalized spacial score (nSPS) is 50.7. The Balaban J connectivity index is 2.46. The first-order valence-electron chi connectivity index (χ1n) is 3.91. The number of hydrogen-bond acceptors (Lipinski definition) is 2. The summed E-state index contributed by atoms with van der Waals surface area (Å²) in [6, 6.07) is 0. The lowest BCUT2D eigenvalue weighted by atomic mass is 10.4. The lowest BCUT2D eigenvalue weighted by molar-refractivity contribution is 0.534.